The Morgan fingerprint density at radius 1 is 1.25 bits per heavy atom. The molecule has 0 spiro atoms. The van der Waals surface area contributed by atoms with Crippen LogP contribution in [0.25, 0.3) is 17.0 Å². The number of fused-ring (bicyclic) bond motifs is 3. The first-order chi connectivity index (χ1) is 7.84. The van der Waals surface area contributed by atoms with Crippen molar-refractivity contribution in [3.05, 3.63) is 47.2 Å². The number of carbonyl (C=O) groups excluding carboxylic acids is 1. The van der Waals surface area contributed by atoms with E-state index in [0.717, 1.165) is 21.5 Å². The number of allylic oxidation sites excluding steroid dienone is 1. The fourth-order valence-corrected chi connectivity index (χ4v) is 1.69. The number of benzene rings is 1. The summed E-state index contributed by atoms with van der Waals surface area (Å²) in [5, 5.41) is 6.65. The van der Waals surface area contributed by atoms with Crippen molar-refractivity contribution in [1.82, 2.24) is 5.43 Å². The molecule has 1 aliphatic heterocycles. The first-order valence-corrected chi connectivity index (χ1v) is 4.87. The fraction of sp³-hybridized carbons (Fsp3) is 0. The molecule has 1 aliphatic rings. The highest BCUT2D eigenvalue weighted by atomic mass is 16.3. The van der Waals surface area contributed by atoms with E-state index in [9.17, 15) is 4.79 Å². The van der Waals surface area contributed by atoms with Gasteiger partial charge in [0.15, 0.2) is 0 Å². The van der Waals surface area contributed by atoms with Gasteiger partial charge in [0.05, 0.1) is 6.26 Å². The molecule has 0 atom stereocenters. The van der Waals surface area contributed by atoms with Gasteiger partial charge in [0, 0.05) is 16.7 Å². The summed E-state index contributed by atoms with van der Waals surface area (Å²) in [7, 11) is 0. The van der Waals surface area contributed by atoms with Crippen molar-refractivity contribution in [2.24, 2.45) is 5.10 Å². The largest absolute Gasteiger partial charge is 0.464 e. The van der Waals surface area contributed by atoms with Gasteiger partial charge in [0.2, 0.25) is 0 Å². The Morgan fingerprint density at radius 3 is 3.12 bits per heavy atom. The SMILES string of the molecule is O=C1\C=C/C=c2/ccc3occc3/c2=N/N1. The molecule has 0 unspecified atom stereocenters. The van der Waals surface area contributed by atoms with Gasteiger partial charge in [0.1, 0.15) is 10.9 Å². The lowest BCUT2D eigenvalue weighted by Gasteiger charge is -1.97. The molecular formula is C12H8N2O2. The Morgan fingerprint density at radius 2 is 2.19 bits per heavy atom. The van der Waals surface area contributed by atoms with Gasteiger partial charge in [-0.05, 0) is 18.2 Å². The average Bonchev–Trinajstić information content (AvgIpc) is 2.72. The van der Waals surface area contributed by atoms with Gasteiger partial charge in [0.25, 0.3) is 5.91 Å². The van der Waals surface area contributed by atoms with Crippen LogP contribution in [0.5, 0.6) is 0 Å². The van der Waals surface area contributed by atoms with Crippen LogP contribution in [-0.2, 0) is 4.79 Å². The summed E-state index contributed by atoms with van der Waals surface area (Å²) in [4.78, 5) is 11.2. The van der Waals surface area contributed by atoms with E-state index in [1.165, 1.54) is 6.08 Å². The molecule has 0 aliphatic carbocycles. The molecule has 1 aromatic carbocycles. The van der Waals surface area contributed by atoms with E-state index in [-0.39, 0.29) is 5.91 Å². The average molecular weight is 212 g/mol. The minimum absolute atomic E-state index is 0.234. The quantitative estimate of drug-likeness (QED) is 0.688. The molecule has 0 bridgehead atoms. The van der Waals surface area contributed by atoms with E-state index in [0.29, 0.717) is 0 Å². The van der Waals surface area contributed by atoms with E-state index in [4.69, 9.17) is 4.42 Å². The summed E-state index contributed by atoms with van der Waals surface area (Å²) in [6, 6.07) is 5.63. The van der Waals surface area contributed by atoms with Gasteiger partial charge in [-0.15, -0.1) is 0 Å². The Labute approximate surface area is 90.6 Å². The van der Waals surface area contributed by atoms with Crippen molar-refractivity contribution in [2.75, 3.05) is 0 Å². The van der Waals surface area contributed by atoms with Crippen molar-refractivity contribution in [3.63, 3.8) is 0 Å². The summed E-state index contributed by atoms with van der Waals surface area (Å²) < 4.78 is 5.28. The molecule has 3 rings (SSSR count). The molecule has 0 fully saturated rings. The van der Waals surface area contributed by atoms with Crippen molar-refractivity contribution >= 4 is 23.0 Å². The van der Waals surface area contributed by atoms with Crippen molar-refractivity contribution in [1.29, 1.82) is 0 Å². The molecule has 1 amide bonds. The number of nitrogens with zero attached hydrogens (tertiary/aromatic N) is 1. The molecule has 16 heavy (non-hydrogen) atoms. The zero-order chi connectivity index (χ0) is 11.0. The highest BCUT2D eigenvalue weighted by molar-refractivity contribution is 5.88. The highest BCUT2D eigenvalue weighted by Gasteiger charge is 2.02. The van der Waals surface area contributed by atoms with Gasteiger partial charge < -0.3 is 4.42 Å². The summed E-state index contributed by atoms with van der Waals surface area (Å²) in [5.74, 6) is -0.234. The van der Waals surface area contributed by atoms with Gasteiger partial charge in [-0.2, -0.15) is 5.10 Å². The molecule has 2 aromatic rings. The van der Waals surface area contributed by atoms with E-state index in [1.807, 2.05) is 24.3 Å². The van der Waals surface area contributed by atoms with Crippen molar-refractivity contribution < 1.29 is 9.21 Å². The normalized spacial score (nSPS) is 20.6. The maximum Gasteiger partial charge on any atom is 0.264 e. The third-order valence-electron chi connectivity index (χ3n) is 2.44. The minimum Gasteiger partial charge on any atom is -0.464 e. The number of amides is 1. The zero-order valence-electron chi connectivity index (χ0n) is 8.31. The summed E-state index contributed by atoms with van der Waals surface area (Å²) in [6.07, 6.45) is 6.60. The van der Waals surface area contributed by atoms with Crippen LogP contribution in [-0.4, -0.2) is 5.91 Å². The van der Waals surface area contributed by atoms with Crippen molar-refractivity contribution in [3.8, 4) is 0 Å². The van der Waals surface area contributed by atoms with Crippen LogP contribution >= 0.6 is 0 Å². The molecule has 2 heterocycles. The monoisotopic (exact) mass is 212 g/mol. The predicted octanol–water partition coefficient (Wildman–Crippen LogP) is 0.434. The lowest BCUT2D eigenvalue weighted by molar-refractivity contribution is -0.116. The molecule has 1 N–H and O–H groups in total. The molecule has 0 saturated carbocycles. The maximum absolute atomic E-state index is 11.2. The number of hydrogen-bond acceptors (Lipinski definition) is 3. The molecule has 1 aromatic heterocycles. The number of furan rings is 1. The first-order valence-electron chi connectivity index (χ1n) is 4.87. The van der Waals surface area contributed by atoms with Crippen LogP contribution in [0.1, 0.15) is 0 Å². The van der Waals surface area contributed by atoms with Crippen molar-refractivity contribution in [2.45, 2.75) is 0 Å². The molecule has 4 heteroatoms. The molecule has 4 nitrogen and oxygen atoms in total. The van der Waals surface area contributed by atoms with E-state index in [2.05, 4.69) is 10.5 Å². The van der Waals surface area contributed by atoms with Crippen LogP contribution < -0.4 is 16.0 Å². The number of rotatable bonds is 0. The smallest absolute Gasteiger partial charge is 0.264 e. The van der Waals surface area contributed by atoms with Gasteiger partial charge in [-0.1, -0.05) is 12.2 Å². The van der Waals surface area contributed by atoms with Gasteiger partial charge >= 0.3 is 0 Å². The Bertz CT molecular complexity index is 710. The summed E-state index contributed by atoms with van der Waals surface area (Å²) in [6.45, 7) is 0. The van der Waals surface area contributed by atoms with E-state index < -0.39 is 0 Å². The zero-order valence-corrected chi connectivity index (χ0v) is 8.31. The molecule has 0 saturated heterocycles. The van der Waals surface area contributed by atoms with Crippen LogP contribution in [0.15, 0.2) is 46.1 Å². The number of nitrogens with one attached hydrogen (secondary N) is 1. The van der Waals surface area contributed by atoms with Gasteiger partial charge in [-0.3, -0.25) is 4.79 Å². The first kappa shape index (κ1) is 8.91. The van der Waals surface area contributed by atoms with E-state index in [1.54, 1.807) is 12.3 Å². The predicted molar refractivity (Wildman–Crippen MR) is 58.7 cm³/mol. The topological polar surface area (TPSA) is 54.6 Å². The summed E-state index contributed by atoms with van der Waals surface area (Å²) >= 11 is 0. The standard InChI is InChI=1S/C12H8N2O2/c15-11-3-1-2-8-4-5-10-9(6-7-16-10)12(8)14-13-11/h1-7H,(H,13,15). The third kappa shape index (κ3) is 1.32. The second-order valence-corrected chi connectivity index (χ2v) is 3.45. The highest BCUT2D eigenvalue weighted by Crippen LogP contribution is 2.07. The Balaban J connectivity index is 2.47. The van der Waals surface area contributed by atoms with Gasteiger partial charge in [-0.25, -0.2) is 5.43 Å². The fourth-order valence-electron chi connectivity index (χ4n) is 1.69. The van der Waals surface area contributed by atoms with Crippen LogP contribution in [0, 0.1) is 0 Å². The Hall–Kier alpha value is -2.36. The van der Waals surface area contributed by atoms with E-state index >= 15 is 0 Å². The van der Waals surface area contributed by atoms with Crippen LogP contribution in [0.3, 0.4) is 0 Å². The number of carbonyl (C=O) groups is 1. The lowest BCUT2D eigenvalue weighted by atomic mass is 10.2. The lowest BCUT2D eigenvalue weighted by Crippen LogP contribution is -2.31. The minimum atomic E-state index is -0.234. The van der Waals surface area contributed by atoms with Crippen LogP contribution in [0.4, 0.5) is 0 Å². The molecular weight excluding hydrogens is 204 g/mol. The Kier molecular flexibility index (Phi) is 1.86. The second-order valence-electron chi connectivity index (χ2n) is 3.45. The second kappa shape index (κ2) is 3.34. The molecule has 0 radical (unpaired) electrons. The third-order valence-corrected chi connectivity index (χ3v) is 2.44. The van der Waals surface area contributed by atoms with Crippen LogP contribution in [0.2, 0.25) is 0 Å². The molecule has 78 valence electrons. The maximum atomic E-state index is 11.2. The summed E-state index contributed by atoms with van der Waals surface area (Å²) in [5.41, 5.74) is 3.22. The number of hydrogen-bond donors (Lipinski definition) is 1.